The van der Waals surface area contributed by atoms with Crippen LogP contribution >= 0.6 is 11.3 Å². The molecule has 2 aromatic heterocycles. The SMILES string of the molecule is Cc1ncc(-c2nn(C)c(N)c2-c2ccc(F)cc2)s1. The van der Waals surface area contributed by atoms with E-state index in [9.17, 15) is 4.39 Å². The zero-order chi connectivity index (χ0) is 14.3. The van der Waals surface area contributed by atoms with E-state index in [4.69, 9.17) is 5.73 Å². The van der Waals surface area contributed by atoms with E-state index < -0.39 is 0 Å². The molecule has 0 fully saturated rings. The van der Waals surface area contributed by atoms with E-state index in [1.807, 2.05) is 6.92 Å². The Kier molecular flexibility index (Phi) is 3.02. The highest BCUT2D eigenvalue weighted by Gasteiger charge is 2.18. The fourth-order valence-electron chi connectivity index (χ4n) is 2.08. The van der Waals surface area contributed by atoms with Crippen LogP contribution in [-0.4, -0.2) is 14.8 Å². The van der Waals surface area contributed by atoms with Gasteiger partial charge in [0.05, 0.1) is 15.4 Å². The number of aromatic nitrogens is 3. The molecule has 0 unspecified atom stereocenters. The Morgan fingerprint density at radius 1 is 1.25 bits per heavy atom. The van der Waals surface area contributed by atoms with Crippen LogP contribution in [0.5, 0.6) is 0 Å². The van der Waals surface area contributed by atoms with Crippen molar-refractivity contribution in [2.24, 2.45) is 7.05 Å². The van der Waals surface area contributed by atoms with Gasteiger partial charge in [0.25, 0.3) is 0 Å². The van der Waals surface area contributed by atoms with Crippen molar-refractivity contribution in [1.82, 2.24) is 14.8 Å². The number of nitrogens with zero attached hydrogens (tertiary/aromatic N) is 3. The highest BCUT2D eigenvalue weighted by Crippen LogP contribution is 2.37. The number of rotatable bonds is 2. The lowest BCUT2D eigenvalue weighted by molar-refractivity contribution is 0.628. The van der Waals surface area contributed by atoms with Crippen LogP contribution in [-0.2, 0) is 7.05 Å². The third kappa shape index (κ3) is 2.08. The van der Waals surface area contributed by atoms with Gasteiger partial charge in [0.1, 0.15) is 17.3 Å². The Labute approximate surface area is 119 Å². The lowest BCUT2D eigenvalue weighted by atomic mass is 10.0. The molecule has 4 nitrogen and oxygen atoms in total. The van der Waals surface area contributed by atoms with Crippen LogP contribution in [0.25, 0.3) is 21.7 Å². The molecule has 0 spiro atoms. The summed E-state index contributed by atoms with van der Waals surface area (Å²) < 4.78 is 14.7. The van der Waals surface area contributed by atoms with E-state index >= 15 is 0 Å². The molecule has 102 valence electrons. The molecule has 0 atom stereocenters. The highest BCUT2D eigenvalue weighted by atomic mass is 32.1. The Morgan fingerprint density at radius 3 is 2.55 bits per heavy atom. The van der Waals surface area contributed by atoms with E-state index in [0.717, 1.165) is 26.7 Å². The number of thiazole rings is 1. The van der Waals surface area contributed by atoms with Gasteiger partial charge in [-0.05, 0) is 24.6 Å². The number of hydrogen-bond donors (Lipinski definition) is 1. The van der Waals surface area contributed by atoms with Crippen molar-refractivity contribution in [3.8, 4) is 21.7 Å². The molecule has 20 heavy (non-hydrogen) atoms. The summed E-state index contributed by atoms with van der Waals surface area (Å²) in [5, 5.41) is 5.43. The van der Waals surface area contributed by atoms with Gasteiger partial charge in [0.15, 0.2) is 0 Å². The van der Waals surface area contributed by atoms with E-state index in [-0.39, 0.29) is 5.82 Å². The number of hydrogen-bond acceptors (Lipinski definition) is 4. The summed E-state index contributed by atoms with van der Waals surface area (Å²) in [5.74, 6) is 0.282. The number of nitrogens with two attached hydrogens (primary N) is 1. The summed E-state index contributed by atoms with van der Waals surface area (Å²) in [5.41, 5.74) is 8.55. The third-order valence-corrected chi connectivity index (χ3v) is 4.00. The molecule has 0 saturated heterocycles. The second-order valence-corrected chi connectivity index (χ2v) is 5.72. The summed E-state index contributed by atoms with van der Waals surface area (Å²) in [6, 6.07) is 6.26. The van der Waals surface area contributed by atoms with Crippen molar-refractivity contribution in [2.75, 3.05) is 5.73 Å². The van der Waals surface area contributed by atoms with Gasteiger partial charge in [0, 0.05) is 13.2 Å². The second-order valence-electron chi connectivity index (χ2n) is 4.48. The highest BCUT2D eigenvalue weighted by molar-refractivity contribution is 7.15. The minimum atomic E-state index is -0.272. The predicted molar refractivity (Wildman–Crippen MR) is 78.9 cm³/mol. The fraction of sp³-hybridized carbons (Fsp3) is 0.143. The number of halogens is 1. The molecular weight excluding hydrogens is 275 g/mol. The normalized spacial score (nSPS) is 10.9. The maximum absolute atomic E-state index is 13.1. The minimum absolute atomic E-state index is 0.272. The monoisotopic (exact) mass is 288 g/mol. The topological polar surface area (TPSA) is 56.7 Å². The van der Waals surface area contributed by atoms with Crippen molar-refractivity contribution in [3.05, 3.63) is 41.3 Å². The second kappa shape index (κ2) is 4.72. The van der Waals surface area contributed by atoms with Crippen LogP contribution in [0.15, 0.2) is 30.5 Å². The lowest BCUT2D eigenvalue weighted by Crippen LogP contribution is -1.97. The summed E-state index contributed by atoms with van der Waals surface area (Å²) in [7, 11) is 1.79. The third-order valence-electron chi connectivity index (χ3n) is 3.08. The van der Waals surface area contributed by atoms with Crippen molar-refractivity contribution in [1.29, 1.82) is 0 Å². The number of benzene rings is 1. The Balaban J connectivity index is 2.21. The van der Waals surface area contributed by atoms with Crippen molar-refractivity contribution < 1.29 is 4.39 Å². The van der Waals surface area contributed by atoms with Gasteiger partial charge in [-0.1, -0.05) is 12.1 Å². The molecule has 3 aromatic rings. The molecule has 0 radical (unpaired) electrons. The average Bonchev–Trinajstić information content (AvgIpc) is 2.97. The quantitative estimate of drug-likeness (QED) is 0.787. The first-order valence-electron chi connectivity index (χ1n) is 6.07. The fourth-order valence-corrected chi connectivity index (χ4v) is 2.85. The van der Waals surface area contributed by atoms with Crippen LogP contribution in [0.4, 0.5) is 10.2 Å². The van der Waals surface area contributed by atoms with Crippen LogP contribution < -0.4 is 5.73 Å². The van der Waals surface area contributed by atoms with Gasteiger partial charge >= 0.3 is 0 Å². The van der Waals surface area contributed by atoms with Crippen LogP contribution in [0.2, 0.25) is 0 Å². The van der Waals surface area contributed by atoms with Crippen LogP contribution in [0.1, 0.15) is 5.01 Å². The maximum atomic E-state index is 13.1. The number of aryl methyl sites for hydroxylation is 2. The zero-order valence-electron chi connectivity index (χ0n) is 11.1. The Hall–Kier alpha value is -2.21. The first-order valence-corrected chi connectivity index (χ1v) is 6.89. The molecule has 0 aliphatic carbocycles. The first kappa shape index (κ1) is 12.8. The van der Waals surface area contributed by atoms with Gasteiger partial charge < -0.3 is 5.73 Å². The van der Waals surface area contributed by atoms with Crippen molar-refractivity contribution in [3.63, 3.8) is 0 Å². The maximum Gasteiger partial charge on any atom is 0.129 e. The molecule has 0 amide bonds. The Bertz CT molecular complexity index is 758. The number of nitrogen functional groups attached to an aromatic ring is 1. The molecule has 1 aromatic carbocycles. The predicted octanol–water partition coefficient (Wildman–Crippen LogP) is 3.24. The smallest absolute Gasteiger partial charge is 0.129 e. The average molecular weight is 288 g/mol. The molecule has 3 rings (SSSR count). The van der Waals surface area contributed by atoms with E-state index in [2.05, 4.69) is 10.1 Å². The van der Waals surface area contributed by atoms with Crippen molar-refractivity contribution in [2.45, 2.75) is 6.92 Å². The minimum Gasteiger partial charge on any atom is -0.383 e. The molecule has 2 N–H and O–H groups in total. The van der Waals surface area contributed by atoms with E-state index in [0.29, 0.717) is 5.82 Å². The largest absolute Gasteiger partial charge is 0.383 e. The molecule has 0 aliphatic rings. The lowest BCUT2D eigenvalue weighted by Gasteiger charge is -2.02. The summed E-state index contributed by atoms with van der Waals surface area (Å²) >= 11 is 1.56. The molecule has 0 saturated carbocycles. The van der Waals surface area contributed by atoms with E-state index in [1.54, 1.807) is 41.4 Å². The first-order chi connectivity index (χ1) is 9.56. The number of anilines is 1. The van der Waals surface area contributed by atoms with Crippen molar-refractivity contribution >= 4 is 17.2 Å². The van der Waals surface area contributed by atoms with Gasteiger partial charge in [0.2, 0.25) is 0 Å². The summed E-state index contributed by atoms with van der Waals surface area (Å²) in [6.45, 7) is 1.94. The van der Waals surface area contributed by atoms with Crippen LogP contribution in [0, 0.1) is 12.7 Å². The molecule has 2 heterocycles. The van der Waals surface area contributed by atoms with Gasteiger partial charge in [-0.3, -0.25) is 4.68 Å². The molecular formula is C14H13FN4S. The Morgan fingerprint density at radius 2 is 1.95 bits per heavy atom. The summed E-state index contributed by atoms with van der Waals surface area (Å²) in [6.07, 6.45) is 1.79. The van der Waals surface area contributed by atoms with Gasteiger partial charge in [-0.2, -0.15) is 5.10 Å². The standard InChI is InChI=1S/C14H13FN4S/c1-8-17-7-11(20-8)13-12(14(16)19(2)18-13)9-3-5-10(15)6-4-9/h3-7H,16H2,1-2H3. The summed E-state index contributed by atoms with van der Waals surface area (Å²) in [4.78, 5) is 5.20. The van der Waals surface area contributed by atoms with E-state index in [1.165, 1.54) is 12.1 Å². The molecule has 6 heteroatoms. The van der Waals surface area contributed by atoms with Gasteiger partial charge in [-0.25, -0.2) is 9.37 Å². The zero-order valence-corrected chi connectivity index (χ0v) is 11.9. The molecule has 0 aliphatic heterocycles. The van der Waals surface area contributed by atoms with Gasteiger partial charge in [-0.15, -0.1) is 11.3 Å². The van der Waals surface area contributed by atoms with Crippen LogP contribution in [0.3, 0.4) is 0 Å². The molecule has 0 bridgehead atoms.